The van der Waals surface area contributed by atoms with Crippen molar-refractivity contribution in [2.45, 2.75) is 38.4 Å². The van der Waals surface area contributed by atoms with Crippen LogP contribution in [-0.2, 0) is 19.8 Å². The van der Waals surface area contributed by atoms with Crippen molar-refractivity contribution in [2.24, 2.45) is 0 Å². The molecular weight excluding hydrogens is 560 g/mol. The van der Waals surface area contributed by atoms with Crippen LogP contribution in [0, 0.1) is 0 Å². The molecule has 0 saturated heterocycles. The Labute approximate surface area is 263 Å². The average Bonchev–Trinajstić information content (AvgIpc) is 3.10. The van der Waals surface area contributed by atoms with Crippen LogP contribution in [0.15, 0.2) is 140 Å². The van der Waals surface area contributed by atoms with Gasteiger partial charge in [0.15, 0.2) is 11.5 Å². The molecule has 0 radical (unpaired) electrons. The second-order valence-electron chi connectivity index (χ2n) is 11.2. The van der Waals surface area contributed by atoms with E-state index < -0.39 is 12.2 Å². The van der Waals surface area contributed by atoms with Gasteiger partial charge in [-0.2, -0.15) is 0 Å². The number of benzene rings is 6. The molecule has 5 nitrogen and oxygen atoms in total. The fourth-order valence-corrected chi connectivity index (χ4v) is 5.72. The standard InChI is InChI=1S/C40H34O5/c41-35-24-36(45-39-33-19-11-10-18-31(33)20-21-34(35)39)32-22-37(42-25-28-12-4-1-5-13-28)40(44-27-30-16-8-3-9-17-30)38(23-32)43-26-29-14-6-2-7-15-29/h1-23,35-36,41H,24-27H2/t35-,36+/m0/s1. The zero-order valence-electron chi connectivity index (χ0n) is 24.8. The van der Waals surface area contributed by atoms with Gasteiger partial charge in [0, 0.05) is 22.9 Å². The number of aliphatic hydroxyl groups excluding tert-OH is 1. The number of aliphatic hydroxyl groups is 1. The molecule has 1 aliphatic heterocycles. The molecule has 0 aliphatic carbocycles. The molecule has 7 rings (SSSR count). The third-order valence-corrected chi connectivity index (χ3v) is 8.08. The summed E-state index contributed by atoms with van der Waals surface area (Å²) in [6.45, 7) is 1.05. The summed E-state index contributed by atoms with van der Waals surface area (Å²) < 4.78 is 26.1. The second kappa shape index (κ2) is 13.2. The molecule has 0 unspecified atom stereocenters. The molecule has 1 heterocycles. The van der Waals surface area contributed by atoms with E-state index in [1.54, 1.807) is 0 Å². The molecule has 0 aromatic heterocycles. The minimum Gasteiger partial charge on any atom is -0.485 e. The van der Waals surface area contributed by atoms with Gasteiger partial charge in [-0.3, -0.25) is 0 Å². The molecule has 6 aromatic rings. The quantitative estimate of drug-likeness (QED) is 0.171. The van der Waals surface area contributed by atoms with E-state index in [2.05, 4.69) is 6.07 Å². The molecular formula is C40H34O5. The van der Waals surface area contributed by atoms with Crippen LogP contribution in [0.2, 0.25) is 0 Å². The lowest BCUT2D eigenvalue weighted by molar-refractivity contribution is 0.0668. The Balaban J connectivity index is 1.28. The predicted octanol–water partition coefficient (Wildman–Crippen LogP) is 9.13. The predicted molar refractivity (Wildman–Crippen MR) is 176 cm³/mol. The number of fused-ring (bicyclic) bond motifs is 3. The zero-order chi connectivity index (χ0) is 30.4. The summed E-state index contributed by atoms with van der Waals surface area (Å²) in [4.78, 5) is 0. The van der Waals surface area contributed by atoms with Crippen molar-refractivity contribution in [2.75, 3.05) is 0 Å². The van der Waals surface area contributed by atoms with Crippen molar-refractivity contribution in [1.82, 2.24) is 0 Å². The second-order valence-corrected chi connectivity index (χ2v) is 11.2. The SMILES string of the molecule is O[C@H]1C[C@H](c2cc(OCc3ccccc3)c(OCc3ccccc3)c(OCc3ccccc3)c2)Oc2c1ccc1ccccc21. The summed E-state index contributed by atoms with van der Waals surface area (Å²) in [7, 11) is 0. The molecule has 0 bridgehead atoms. The molecule has 45 heavy (non-hydrogen) atoms. The van der Waals surface area contributed by atoms with Crippen LogP contribution in [0.3, 0.4) is 0 Å². The third kappa shape index (κ3) is 6.49. The monoisotopic (exact) mass is 594 g/mol. The normalized spacial score (nSPS) is 15.6. The minimum atomic E-state index is -0.681. The maximum Gasteiger partial charge on any atom is 0.203 e. The van der Waals surface area contributed by atoms with Crippen LogP contribution >= 0.6 is 0 Å². The first-order chi connectivity index (χ1) is 22.2. The summed E-state index contributed by atoms with van der Waals surface area (Å²) >= 11 is 0. The average molecular weight is 595 g/mol. The Morgan fingerprint density at radius 1 is 0.578 bits per heavy atom. The minimum absolute atomic E-state index is 0.349. The van der Waals surface area contributed by atoms with Crippen molar-refractivity contribution in [3.8, 4) is 23.0 Å². The third-order valence-electron chi connectivity index (χ3n) is 8.08. The number of hydrogen-bond acceptors (Lipinski definition) is 5. The van der Waals surface area contributed by atoms with Gasteiger partial charge in [-0.15, -0.1) is 0 Å². The molecule has 0 amide bonds. The fourth-order valence-electron chi connectivity index (χ4n) is 5.72. The van der Waals surface area contributed by atoms with Gasteiger partial charge in [0.2, 0.25) is 5.75 Å². The first kappa shape index (κ1) is 28.5. The first-order valence-corrected chi connectivity index (χ1v) is 15.3. The van der Waals surface area contributed by atoms with Crippen LogP contribution in [0.25, 0.3) is 10.8 Å². The van der Waals surface area contributed by atoms with Gasteiger partial charge in [0.25, 0.3) is 0 Å². The highest BCUT2D eigenvalue weighted by atomic mass is 16.5. The van der Waals surface area contributed by atoms with Gasteiger partial charge in [-0.05, 0) is 34.2 Å². The van der Waals surface area contributed by atoms with Gasteiger partial charge in [0.1, 0.15) is 31.7 Å². The number of ether oxygens (including phenoxy) is 4. The van der Waals surface area contributed by atoms with Crippen molar-refractivity contribution in [3.05, 3.63) is 167 Å². The topological polar surface area (TPSA) is 57.2 Å². The zero-order valence-corrected chi connectivity index (χ0v) is 24.8. The van der Waals surface area contributed by atoms with E-state index in [1.165, 1.54) is 0 Å². The fraction of sp³-hybridized carbons (Fsp3) is 0.150. The smallest absolute Gasteiger partial charge is 0.203 e. The summed E-state index contributed by atoms with van der Waals surface area (Å²) in [6.07, 6.45) is -0.717. The molecule has 6 aromatic carbocycles. The largest absolute Gasteiger partial charge is 0.485 e. The Bertz CT molecular complexity index is 1810. The number of hydrogen-bond donors (Lipinski definition) is 1. The van der Waals surface area contributed by atoms with Gasteiger partial charge in [-0.1, -0.05) is 127 Å². The number of rotatable bonds is 10. The molecule has 1 N–H and O–H groups in total. The van der Waals surface area contributed by atoms with E-state index in [9.17, 15) is 5.11 Å². The highest BCUT2D eigenvalue weighted by molar-refractivity contribution is 5.90. The summed E-state index contributed by atoms with van der Waals surface area (Å²) in [5, 5.41) is 13.3. The van der Waals surface area contributed by atoms with E-state index in [1.807, 2.05) is 133 Å². The van der Waals surface area contributed by atoms with Crippen molar-refractivity contribution < 1.29 is 24.1 Å². The molecule has 0 saturated carbocycles. The van der Waals surface area contributed by atoms with Crippen LogP contribution in [0.4, 0.5) is 0 Å². The van der Waals surface area contributed by atoms with E-state index in [0.717, 1.165) is 38.6 Å². The van der Waals surface area contributed by atoms with E-state index in [0.29, 0.717) is 49.2 Å². The summed E-state index contributed by atoms with van der Waals surface area (Å²) in [5.41, 5.74) is 4.74. The lowest BCUT2D eigenvalue weighted by Gasteiger charge is -2.31. The van der Waals surface area contributed by atoms with E-state index in [4.69, 9.17) is 18.9 Å². The maximum absolute atomic E-state index is 11.3. The molecule has 2 atom stereocenters. The Hall–Kier alpha value is -5.26. The van der Waals surface area contributed by atoms with Gasteiger partial charge >= 0.3 is 0 Å². The van der Waals surface area contributed by atoms with Gasteiger partial charge in [0.05, 0.1) is 6.10 Å². The van der Waals surface area contributed by atoms with Gasteiger partial charge < -0.3 is 24.1 Å². The highest BCUT2D eigenvalue weighted by Gasteiger charge is 2.31. The van der Waals surface area contributed by atoms with Crippen LogP contribution in [-0.4, -0.2) is 5.11 Å². The van der Waals surface area contributed by atoms with Crippen LogP contribution < -0.4 is 18.9 Å². The highest BCUT2D eigenvalue weighted by Crippen LogP contribution is 2.48. The molecule has 5 heteroatoms. The first-order valence-electron chi connectivity index (χ1n) is 15.3. The van der Waals surface area contributed by atoms with Crippen LogP contribution in [0.1, 0.15) is 46.4 Å². The summed E-state index contributed by atoms with van der Waals surface area (Å²) in [5.74, 6) is 2.34. The molecule has 0 spiro atoms. The Morgan fingerprint density at radius 2 is 1.09 bits per heavy atom. The maximum atomic E-state index is 11.3. The van der Waals surface area contributed by atoms with Crippen molar-refractivity contribution in [1.29, 1.82) is 0 Å². The van der Waals surface area contributed by atoms with Crippen molar-refractivity contribution >= 4 is 10.8 Å². The molecule has 1 aliphatic rings. The lowest BCUT2D eigenvalue weighted by Crippen LogP contribution is -2.19. The Morgan fingerprint density at radius 3 is 1.67 bits per heavy atom. The van der Waals surface area contributed by atoms with Crippen molar-refractivity contribution in [3.63, 3.8) is 0 Å². The lowest BCUT2D eigenvalue weighted by atomic mass is 9.92. The van der Waals surface area contributed by atoms with Gasteiger partial charge in [-0.25, -0.2) is 0 Å². The molecule has 0 fully saturated rings. The van der Waals surface area contributed by atoms with Crippen LogP contribution in [0.5, 0.6) is 23.0 Å². The Kier molecular flexibility index (Phi) is 8.34. The van der Waals surface area contributed by atoms with E-state index in [-0.39, 0.29) is 0 Å². The van der Waals surface area contributed by atoms with E-state index >= 15 is 0 Å². The molecule has 224 valence electrons. The summed E-state index contributed by atoms with van der Waals surface area (Å²) in [6, 6.07) is 46.1.